The molecule has 0 bridgehead atoms. The first-order valence-electron chi connectivity index (χ1n) is 5.83. The molecule has 0 heterocycles. The van der Waals surface area contributed by atoms with Crippen LogP contribution in [0.2, 0.25) is 0 Å². The zero-order valence-corrected chi connectivity index (χ0v) is 12.1. The van der Waals surface area contributed by atoms with E-state index in [0.29, 0.717) is 11.1 Å². The third kappa shape index (κ3) is 3.54. The maximum atomic E-state index is 11.7. The molecular formula is C13H19NO4S. The molecule has 0 aromatic heterocycles. The van der Waals surface area contributed by atoms with Crippen LogP contribution in [0.1, 0.15) is 37.4 Å². The quantitative estimate of drug-likeness (QED) is 0.853. The molecule has 0 fully saturated rings. The van der Waals surface area contributed by atoms with Crippen molar-refractivity contribution >= 4 is 15.8 Å². The standard InChI is InChI=1S/C13H19NO4S/c1-13(2,19(3,17)18)10-6-4-9(5-7-10)11(14)8-12(15)16/h4-7,11H,8,14H2,1-3H3,(H,15,16). The fourth-order valence-electron chi connectivity index (χ4n) is 1.65. The number of nitrogens with two attached hydrogens (primary N) is 1. The van der Waals surface area contributed by atoms with Crippen LogP contribution in [0.3, 0.4) is 0 Å². The molecule has 0 saturated carbocycles. The summed E-state index contributed by atoms with van der Waals surface area (Å²) in [4.78, 5) is 10.6. The number of rotatable bonds is 5. The van der Waals surface area contributed by atoms with E-state index in [4.69, 9.17) is 10.8 Å². The summed E-state index contributed by atoms with van der Waals surface area (Å²) in [6.45, 7) is 3.27. The van der Waals surface area contributed by atoms with Gasteiger partial charge >= 0.3 is 5.97 Å². The van der Waals surface area contributed by atoms with Gasteiger partial charge in [0, 0.05) is 12.3 Å². The van der Waals surface area contributed by atoms with E-state index in [9.17, 15) is 13.2 Å². The molecule has 1 aromatic carbocycles. The summed E-state index contributed by atoms with van der Waals surface area (Å²) in [6.07, 6.45) is 1.03. The van der Waals surface area contributed by atoms with Crippen molar-refractivity contribution in [3.05, 3.63) is 35.4 Å². The number of carboxylic acid groups (broad SMARTS) is 1. The van der Waals surface area contributed by atoms with E-state index in [1.54, 1.807) is 38.1 Å². The van der Waals surface area contributed by atoms with Gasteiger partial charge in [0.1, 0.15) is 0 Å². The number of aliphatic carboxylic acids is 1. The van der Waals surface area contributed by atoms with Crippen molar-refractivity contribution in [3.8, 4) is 0 Å². The van der Waals surface area contributed by atoms with Crippen molar-refractivity contribution in [1.29, 1.82) is 0 Å². The summed E-state index contributed by atoms with van der Waals surface area (Å²) in [6, 6.07) is 6.12. The van der Waals surface area contributed by atoms with Crippen LogP contribution in [-0.2, 0) is 19.4 Å². The van der Waals surface area contributed by atoms with E-state index < -0.39 is 26.6 Å². The first-order valence-corrected chi connectivity index (χ1v) is 7.72. The molecule has 6 heteroatoms. The number of carboxylic acids is 1. The summed E-state index contributed by atoms with van der Waals surface area (Å²) >= 11 is 0. The average molecular weight is 285 g/mol. The maximum absolute atomic E-state index is 11.7. The van der Waals surface area contributed by atoms with Gasteiger partial charge in [-0.1, -0.05) is 24.3 Å². The molecule has 1 unspecified atom stereocenters. The van der Waals surface area contributed by atoms with Gasteiger partial charge in [0.15, 0.2) is 9.84 Å². The van der Waals surface area contributed by atoms with Crippen molar-refractivity contribution in [3.63, 3.8) is 0 Å². The highest BCUT2D eigenvalue weighted by atomic mass is 32.2. The molecular weight excluding hydrogens is 266 g/mol. The van der Waals surface area contributed by atoms with Crippen molar-refractivity contribution < 1.29 is 18.3 Å². The van der Waals surface area contributed by atoms with E-state index in [1.165, 1.54) is 6.26 Å². The van der Waals surface area contributed by atoms with Crippen LogP contribution in [0.5, 0.6) is 0 Å². The number of hydrogen-bond acceptors (Lipinski definition) is 4. The van der Waals surface area contributed by atoms with Crippen molar-refractivity contribution in [2.75, 3.05) is 6.26 Å². The molecule has 0 aliphatic carbocycles. The van der Waals surface area contributed by atoms with Gasteiger partial charge in [-0.3, -0.25) is 4.79 Å². The molecule has 1 rings (SSSR count). The SMILES string of the molecule is CC(C)(c1ccc(C(N)CC(=O)O)cc1)S(C)(=O)=O. The van der Waals surface area contributed by atoms with Crippen LogP contribution in [0, 0.1) is 0 Å². The Hall–Kier alpha value is -1.40. The van der Waals surface area contributed by atoms with Gasteiger partial charge in [-0.2, -0.15) is 0 Å². The van der Waals surface area contributed by atoms with E-state index in [0.717, 1.165) is 0 Å². The lowest BCUT2D eigenvalue weighted by molar-refractivity contribution is -0.137. The maximum Gasteiger partial charge on any atom is 0.305 e. The Bertz CT molecular complexity index is 561. The Kier molecular flexibility index (Phi) is 4.37. The first kappa shape index (κ1) is 15.7. The van der Waals surface area contributed by atoms with Gasteiger partial charge in [-0.15, -0.1) is 0 Å². The molecule has 19 heavy (non-hydrogen) atoms. The third-order valence-corrected chi connectivity index (χ3v) is 5.45. The zero-order valence-electron chi connectivity index (χ0n) is 11.3. The fraction of sp³-hybridized carbons (Fsp3) is 0.462. The molecule has 0 aliphatic heterocycles. The van der Waals surface area contributed by atoms with Gasteiger partial charge in [0.25, 0.3) is 0 Å². The van der Waals surface area contributed by atoms with Crippen LogP contribution in [-0.4, -0.2) is 25.7 Å². The smallest absolute Gasteiger partial charge is 0.305 e. The number of hydrogen-bond donors (Lipinski definition) is 2. The van der Waals surface area contributed by atoms with Crippen LogP contribution in [0.4, 0.5) is 0 Å². The number of sulfone groups is 1. The Morgan fingerprint density at radius 2 is 1.79 bits per heavy atom. The molecule has 0 saturated heterocycles. The topological polar surface area (TPSA) is 97.5 Å². The predicted molar refractivity (Wildman–Crippen MR) is 73.5 cm³/mol. The molecule has 106 valence electrons. The van der Waals surface area contributed by atoms with Crippen LogP contribution < -0.4 is 5.73 Å². The minimum absolute atomic E-state index is 0.158. The largest absolute Gasteiger partial charge is 0.481 e. The van der Waals surface area contributed by atoms with E-state index in [2.05, 4.69) is 0 Å². The zero-order chi connectivity index (χ0) is 14.8. The van der Waals surface area contributed by atoms with Crippen molar-refractivity contribution in [1.82, 2.24) is 0 Å². The number of carbonyl (C=O) groups is 1. The predicted octanol–water partition coefficient (Wildman–Crippen LogP) is 1.44. The molecule has 1 atom stereocenters. The Labute approximate surface area is 113 Å². The normalized spacial score (nSPS) is 14.1. The van der Waals surface area contributed by atoms with Gasteiger partial charge < -0.3 is 10.8 Å². The Morgan fingerprint density at radius 3 is 2.16 bits per heavy atom. The summed E-state index contributed by atoms with van der Waals surface area (Å²) in [5, 5.41) is 8.68. The van der Waals surface area contributed by atoms with Crippen molar-refractivity contribution in [2.24, 2.45) is 5.73 Å². The van der Waals surface area contributed by atoms with Crippen molar-refractivity contribution in [2.45, 2.75) is 31.1 Å². The average Bonchev–Trinajstić information content (AvgIpc) is 2.26. The minimum Gasteiger partial charge on any atom is -0.481 e. The van der Waals surface area contributed by atoms with Gasteiger partial charge in [-0.25, -0.2) is 8.42 Å². The second kappa shape index (κ2) is 5.30. The first-order chi connectivity index (χ1) is 8.55. The van der Waals surface area contributed by atoms with E-state index >= 15 is 0 Å². The molecule has 0 spiro atoms. The van der Waals surface area contributed by atoms with Crippen LogP contribution in [0.25, 0.3) is 0 Å². The summed E-state index contributed by atoms with van der Waals surface area (Å²) in [7, 11) is -3.23. The molecule has 3 N–H and O–H groups in total. The minimum atomic E-state index is -3.23. The van der Waals surface area contributed by atoms with E-state index in [1.807, 2.05) is 0 Å². The Morgan fingerprint density at radius 1 is 1.32 bits per heavy atom. The van der Waals surface area contributed by atoms with Crippen LogP contribution in [0.15, 0.2) is 24.3 Å². The molecule has 5 nitrogen and oxygen atoms in total. The molecule has 0 aliphatic rings. The number of benzene rings is 1. The summed E-state index contributed by atoms with van der Waals surface area (Å²) in [5.41, 5.74) is 7.07. The molecule has 1 aromatic rings. The van der Waals surface area contributed by atoms with E-state index in [-0.39, 0.29) is 6.42 Å². The van der Waals surface area contributed by atoms with Gasteiger partial charge in [0.2, 0.25) is 0 Å². The van der Waals surface area contributed by atoms with Gasteiger partial charge in [0.05, 0.1) is 11.2 Å². The lowest BCUT2D eigenvalue weighted by Gasteiger charge is -2.23. The third-order valence-electron chi connectivity index (χ3n) is 3.36. The summed E-state index contributed by atoms with van der Waals surface area (Å²) < 4.78 is 22.4. The molecule has 0 amide bonds. The van der Waals surface area contributed by atoms with Gasteiger partial charge in [-0.05, 0) is 25.0 Å². The van der Waals surface area contributed by atoms with Crippen LogP contribution >= 0.6 is 0 Å². The highest BCUT2D eigenvalue weighted by Crippen LogP contribution is 2.29. The second-order valence-electron chi connectivity index (χ2n) is 5.11. The second-order valence-corrected chi connectivity index (χ2v) is 7.67. The fourth-order valence-corrected chi connectivity index (χ4v) is 2.22. The lowest BCUT2D eigenvalue weighted by Crippen LogP contribution is -2.28. The summed E-state index contributed by atoms with van der Waals surface area (Å²) in [5.74, 6) is -0.965. The lowest BCUT2D eigenvalue weighted by atomic mass is 9.97. The monoisotopic (exact) mass is 285 g/mol. The Balaban J connectivity index is 3.03. The highest BCUT2D eigenvalue weighted by molar-refractivity contribution is 7.91. The highest BCUT2D eigenvalue weighted by Gasteiger charge is 2.32. The molecule has 0 radical (unpaired) electrons.